The molecule has 5 nitrogen and oxygen atoms in total. The number of nitrogens with zero attached hydrogens (tertiary/aromatic N) is 1. The Kier molecular flexibility index (Phi) is 8.99. The molecule has 0 aliphatic heterocycles. The van der Waals surface area contributed by atoms with Crippen LogP contribution in [0.5, 0.6) is 0 Å². The van der Waals surface area contributed by atoms with Crippen molar-refractivity contribution in [1.82, 2.24) is 5.32 Å². The van der Waals surface area contributed by atoms with E-state index in [2.05, 4.69) is 5.32 Å². The van der Waals surface area contributed by atoms with Crippen LogP contribution < -0.4 is 9.62 Å². The highest BCUT2D eigenvalue weighted by Crippen LogP contribution is 2.24. The summed E-state index contributed by atoms with van der Waals surface area (Å²) >= 11 is 7.50. The summed E-state index contributed by atoms with van der Waals surface area (Å²) in [6, 6.07) is 18.8. The quantitative estimate of drug-likeness (QED) is 0.363. The first kappa shape index (κ1) is 26.1. The zero-order valence-corrected chi connectivity index (χ0v) is 21.3. The number of nitrogens with one attached hydrogen (secondary N) is 1. The van der Waals surface area contributed by atoms with Gasteiger partial charge in [-0.25, -0.2) is 12.8 Å². The van der Waals surface area contributed by atoms with Gasteiger partial charge in [-0.2, -0.15) is 11.8 Å². The molecule has 0 aliphatic carbocycles. The van der Waals surface area contributed by atoms with Crippen LogP contribution in [0.3, 0.4) is 0 Å². The fourth-order valence-electron chi connectivity index (χ4n) is 3.29. The van der Waals surface area contributed by atoms with E-state index in [9.17, 15) is 17.6 Å². The minimum absolute atomic E-state index is 0.166. The van der Waals surface area contributed by atoms with Crippen LogP contribution in [-0.2, 0) is 22.3 Å². The summed E-state index contributed by atoms with van der Waals surface area (Å²) in [5, 5.41) is 3.23. The summed E-state index contributed by atoms with van der Waals surface area (Å²) in [4.78, 5) is 12.4. The second kappa shape index (κ2) is 11.7. The standard InChI is InChI=1S/C25H26ClFN2O3S2/c1-18-5-3-6-21(15-18)29(34(2,31)32)16-19-9-11-20(12-10-19)25(30)28-13-14-33-17-22-23(26)7-4-8-24(22)27/h3-12,15H,13-14,16-17H2,1-2H3,(H,28,30). The third-order valence-corrected chi connectivity index (χ3v) is 7.55. The number of amides is 1. The van der Waals surface area contributed by atoms with Crippen molar-refractivity contribution in [2.24, 2.45) is 0 Å². The maximum Gasteiger partial charge on any atom is 0.251 e. The van der Waals surface area contributed by atoms with Gasteiger partial charge in [0, 0.05) is 34.2 Å². The fraction of sp³-hybridized carbons (Fsp3) is 0.240. The molecule has 0 saturated carbocycles. The van der Waals surface area contributed by atoms with Gasteiger partial charge in [-0.15, -0.1) is 0 Å². The Hall–Kier alpha value is -2.55. The van der Waals surface area contributed by atoms with Crippen molar-refractivity contribution < 1.29 is 17.6 Å². The summed E-state index contributed by atoms with van der Waals surface area (Å²) < 4.78 is 39.8. The molecule has 0 heterocycles. The molecule has 9 heteroatoms. The SMILES string of the molecule is Cc1cccc(N(Cc2ccc(C(=O)NCCSCc3c(F)cccc3Cl)cc2)S(C)(=O)=O)c1. The molecule has 180 valence electrons. The number of hydrogen-bond donors (Lipinski definition) is 1. The second-order valence-corrected chi connectivity index (χ2v) is 11.2. The number of halogens is 2. The molecule has 0 spiro atoms. The minimum Gasteiger partial charge on any atom is -0.351 e. The molecule has 1 amide bonds. The molecule has 34 heavy (non-hydrogen) atoms. The second-order valence-electron chi connectivity index (χ2n) is 7.81. The van der Waals surface area contributed by atoms with Gasteiger partial charge in [0.15, 0.2) is 0 Å². The zero-order chi connectivity index (χ0) is 24.7. The Morgan fingerprint density at radius 3 is 2.44 bits per heavy atom. The number of carbonyl (C=O) groups excluding carboxylic acids is 1. The van der Waals surface area contributed by atoms with E-state index < -0.39 is 10.0 Å². The van der Waals surface area contributed by atoms with Crippen molar-refractivity contribution in [3.8, 4) is 0 Å². The maximum atomic E-state index is 13.8. The lowest BCUT2D eigenvalue weighted by atomic mass is 10.1. The number of thioether (sulfide) groups is 1. The van der Waals surface area contributed by atoms with Crippen molar-refractivity contribution in [2.45, 2.75) is 19.2 Å². The zero-order valence-electron chi connectivity index (χ0n) is 18.9. The van der Waals surface area contributed by atoms with E-state index in [1.165, 1.54) is 28.4 Å². The molecule has 0 saturated heterocycles. The fourth-order valence-corrected chi connectivity index (χ4v) is 5.37. The van der Waals surface area contributed by atoms with Crippen LogP contribution in [-0.4, -0.2) is 32.9 Å². The number of sulfonamides is 1. The van der Waals surface area contributed by atoms with Gasteiger partial charge in [-0.1, -0.05) is 41.9 Å². The lowest BCUT2D eigenvalue weighted by Crippen LogP contribution is -2.29. The van der Waals surface area contributed by atoms with Crippen LogP contribution in [0.15, 0.2) is 66.7 Å². The average Bonchev–Trinajstić information content (AvgIpc) is 2.78. The van der Waals surface area contributed by atoms with Gasteiger partial charge in [0.2, 0.25) is 10.0 Å². The average molecular weight is 521 g/mol. The molecule has 0 atom stereocenters. The molecule has 1 N–H and O–H groups in total. The number of anilines is 1. The van der Waals surface area contributed by atoms with Crippen molar-refractivity contribution in [3.63, 3.8) is 0 Å². The van der Waals surface area contributed by atoms with E-state index in [4.69, 9.17) is 11.6 Å². The largest absolute Gasteiger partial charge is 0.351 e. The van der Waals surface area contributed by atoms with Gasteiger partial charge >= 0.3 is 0 Å². The third kappa shape index (κ3) is 7.22. The highest BCUT2D eigenvalue weighted by Gasteiger charge is 2.18. The van der Waals surface area contributed by atoms with Crippen LogP contribution in [0.2, 0.25) is 5.02 Å². The highest BCUT2D eigenvalue weighted by atomic mass is 35.5. The monoisotopic (exact) mass is 520 g/mol. The van der Waals surface area contributed by atoms with E-state index in [1.807, 2.05) is 25.1 Å². The summed E-state index contributed by atoms with van der Waals surface area (Å²) in [5.41, 5.74) is 3.27. The molecule has 0 aliphatic rings. The Bertz CT molecular complexity index is 1230. The first-order chi connectivity index (χ1) is 16.1. The van der Waals surface area contributed by atoms with Crippen LogP contribution in [0.25, 0.3) is 0 Å². The van der Waals surface area contributed by atoms with Gasteiger partial charge in [0.25, 0.3) is 5.91 Å². The summed E-state index contributed by atoms with van der Waals surface area (Å²) in [6.07, 6.45) is 1.18. The number of aryl methyl sites for hydroxylation is 1. The van der Waals surface area contributed by atoms with Crippen LogP contribution in [0, 0.1) is 12.7 Å². The van der Waals surface area contributed by atoms with Crippen molar-refractivity contribution in [2.75, 3.05) is 22.9 Å². The van der Waals surface area contributed by atoms with Crippen molar-refractivity contribution >= 4 is 45.0 Å². The first-order valence-corrected chi connectivity index (χ1v) is 14.0. The van der Waals surface area contributed by atoms with Crippen molar-refractivity contribution in [3.05, 3.63) is 99.8 Å². The Morgan fingerprint density at radius 2 is 1.79 bits per heavy atom. The molecule has 3 aromatic rings. The lowest BCUT2D eigenvalue weighted by Gasteiger charge is -2.23. The van der Waals surface area contributed by atoms with Gasteiger partial charge < -0.3 is 5.32 Å². The van der Waals surface area contributed by atoms with Crippen molar-refractivity contribution in [1.29, 1.82) is 0 Å². The Labute approximate surface area is 209 Å². The van der Waals surface area contributed by atoms with E-state index in [-0.39, 0.29) is 18.3 Å². The molecular weight excluding hydrogens is 495 g/mol. The first-order valence-electron chi connectivity index (χ1n) is 10.6. The van der Waals surface area contributed by atoms with Gasteiger partial charge in [-0.3, -0.25) is 9.10 Å². The van der Waals surface area contributed by atoms with Crippen LogP contribution in [0.1, 0.15) is 27.0 Å². The van der Waals surface area contributed by atoms with Gasteiger partial charge in [0.05, 0.1) is 18.5 Å². The number of benzene rings is 3. The molecular formula is C25H26ClFN2O3S2. The summed E-state index contributed by atoms with van der Waals surface area (Å²) in [6.45, 7) is 2.50. The highest BCUT2D eigenvalue weighted by molar-refractivity contribution is 7.98. The van der Waals surface area contributed by atoms with E-state index in [0.717, 1.165) is 11.1 Å². The molecule has 0 fully saturated rings. The molecule has 3 aromatic carbocycles. The number of hydrogen-bond acceptors (Lipinski definition) is 4. The predicted octanol–water partition coefficient (Wildman–Crippen LogP) is 5.42. The minimum atomic E-state index is -3.48. The van der Waals surface area contributed by atoms with E-state index in [1.54, 1.807) is 42.5 Å². The summed E-state index contributed by atoms with van der Waals surface area (Å²) in [7, 11) is -3.48. The van der Waals surface area contributed by atoms with Gasteiger partial charge in [-0.05, 0) is 54.4 Å². The maximum absolute atomic E-state index is 13.8. The van der Waals surface area contributed by atoms with E-state index in [0.29, 0.717) is 39.9 Å². The third-order valence-electron chi connectivity index (χ3n) is 5.07. The van der Waals surface area contributed by atoms with E-state index >= 15 is 0 Å². The normalized spacial score (nSPS) is 11.3. The summed E-state index contributed by atoms with van der Waals surface area (Å²) in [5.74, 6) is 0.470. The lowest BCUT2D eigenvalue weighted by molar-refractivity contribution is 0.0956. The Balaban J connectivity index is 1.53. The smallest absolute Gasteiger partial charge is 0.251 e. The molecule has 0 aromatic heterocycles. The molecule has 0 unspecified atom stereocenters. The topological polar surface area (TPSA) is 66.5 Å². The number of carbonyl (C=O) groups is 1. The number of rotatable bonds is 10. The van der Waals surface area contributed by atoms with Crippen LogP contribution >= 0.6 is 23.4 Å². The molecule has 3 rings (SSSR count). The molecule has 0 bridgehead atoms. The Morgan fingerprint density at radius 1 is 1.09 bits per heavy atom. The predicted molar refractivity (Wildman–Crippen MR) is 139 cm³/mol. The van der Waals surface area contributed by atoms with Crippen LogP contribution in [0.4, 0.5) is 10.1 Å². The van der Waals surface area contributed by atoms with Gasteiger partial charge in [0.1, 0.15) is 5.82 Å². The molecule has 0 radical (unpaired) electrons.